The van der Waals surface area contributed by atoms with Crippen LogP contribution < -0.4 is 26.6 Å². The summed E-state index contributed by atoms with van der Waals surface area (Å²) in [5, 5.41) is 37.8. The molecule has 0 aromatic heterocycles. The fourth-order valence-electron chi connectivity index (χ4n) is 11.4. The number of amides is 9. The van der Waals surface area contributed by atoms with Crippen molar-refractivity contribution in [2.45, 2.75) is 249 Å². The van der Waals surface area contributed by atoms with Gasteiger partial charge in [0, 0.05) is 41.3 Å². The summed E-state index contributed by atoms with van der Waals surface area (Å²) in [6.07, 6.45) is -3.58. The second-order valence-electron chi connectivity index (χ2n) is 28.8. The van der Waals surface area contributed by atoms with Crippen LogP contribution in [0.2, 0.25) is 0 Å². The molecule has 7 N–H and O–H groups in total. The molecule has 0 aromatic rings. The smallest absolute Gasteiger partial charge is 0.329 e. The number of ether oxygens (including phenoxy) is 1. The quantitative estimate of drug-likeness (QED) is 0.0915. The number of carbonyl (C=O) groups excluding carboxylic acids is 11. The second kappa shape index (κ2) is 38.4. The van der Waals surface area contributed by atoms with E-state index < -0.39 is 162 Å². The van der Waals surface area contributed by atoms with Crippen LogP contribution in [0.3, 0.4) is 0 Å². The molecule has 1 aliphatic heterocycles. The second-order valence-corrected chi connectivity index (χ2v) is 28.8. The Bertz CT molecular complexity index is 2420. The summed E-state index contributed by atoms with van der Waals surface area (Å²) in [6, 6.07) is -11.8. The number of likely N-dealkylation sites (N-methyl/N-ethyl adjacent to an activating group) is 6. The zero-order valence-electron chi connectivity index (χ0n) is 60.0. The van der Waals surface area contributed by atoms with Gasteiger partial charge in [0.2, 0.25) is 47.3 Å². The van der Waals surface area contributed by atoms with Crippen molar-refractivity contribution >= 4 is 64.9 Å². The van der Waals surface area contributed by atoms with Crippen LogP contribution in [0.5, 0.6) is 0 Å². The molecule has 0 spiro atoms. The van der Waals surface area contributed by atoms with Crippen molar-refractivity contribution in [3.8, 4) is 0 Å². The van der Waals surface area contributed by atoms with Crippen LogP contribution in [0, 0.1) is 47.3 Å². The highest BCUT2D eigenvalue weighted by Crippen LogP contribution is 2.25. The Kier molecular flexibility index (Phi) is 35.1. The van der Waals surface area contributed by atoms with E-state index in [-0.39, 0.29) is 74.3 Å². The summed E-state index contributed by atoms with van der Waals surface area (Å²) in [5.41, 5.74) is 0. The Labute approximate surface area is 544 Å². The SMILES string of the molecule is CC(C)C[C@@H]1NC(=O)[C@H](CC(C)C)N(C)C(=O)[C@@H](C(C)C)OC(=O)[C@H](C)NC(=O)[C@H](CC(C)C)N(C)C(=O)[C@H](CC(C)C)NC(=O)[C@H](CC(C)C)N(C)CC(=O)CN(C)C(=O)[C@H]([C@@H](C)O)NC(=O)[C@H]([C@H](O)[C@H](C)CCNC(C)C)N(C)C(=O)[C@H](C(C)C)N(C)C1=O. The largest absolute Gasteiger partial charge is 0.450 e. The average Bonchev–Trinajstić information content (AvgIpc) is 0.932. The molecule has 1 rings (SSSR count). The van der Waals surface area contributed by atoms with Gasteiger partial charge in [-0.25, -0.2) is 4.79 Å². The number of cyclic esters (lactones) is 1. The average molecular weight is 1290 g/mol. The van der Waals surface area contributed by atoms with Gasteiger partial charge in [0.15, 0.2) is 11.9 Å². The normalized spacial score (nSPS) is 26.5. The molecule has 524 valence electrons. The first kappa shape index (κ1) is 83.2. The minimum absolute atomic E-state index is 0.0811. The number of nitrogens with one attached hydrogen (secondary N) is 5. The highest BCUT2D eigenvalue weighted by Gasteiger charge is 2.45. The molecule has 1 heterocycles. The fourth-order valence-corrected chi connectivity index (χ4v) is 11.4. The number of aliphatic hydroxyl groups is 2. The maximum Gasteiger partial charge on any atom is 0.329 e. The number of rotatable bonds is 19. The van der Waals surface area contributed by atoms with Crippen LogP contribution in [-0.4, -0.2) is 245 Å². The van der Waals surface area contributed by atoms with Gasteiger partial charge in [-0.15, -0.1) is 0 Å². The molecule has 0 unspecified atom stereocenters. The van der Waals surface area contributed by atoms with E-state index in [1.165, 1.54) is 68.7 Å². The van der Waals surface area contributed by atoms with E-state index in [1.807, 2.05) is 83.1 Å². The van der Waals surface area contributed by atoms with E-state index in [0.717, 1.165) is 9.80 Å². The van der Waals surface area contributed by atoms with Gasteiger partial charge in [0.05, 0.1) is 31.3 Å². The minimum atomic E-state index is -1.72. The standard InChI is InChI=1S/C66H121N11O14/c1-35(2)28-47-61(85)74(22)50(31-38(7)8)58(82)68-44(18)66(90)91-56(41(13)14)65(89)75(23)51(32-39(9)10)59(83)70-48(29-36(3)4)62(86)76(24)53(40(11)12)64(88)77(25)54(55(80)43(17)26-27-67-42(15)16)60(84)71-52(45(19)78)63(87)73(21)34-46(79)33-72(20)49(30-37(5)6)57(81)69-47/h35-45,47-56,67,78,80H,26-34H2,1-25H3,(H,68,82)(H,69,81)(H,70,83)(H,71,84)/t43-,44+,45-,47+,48+,49+,50+,51+,52+,53+,54+,55-,56-/m1/s1. The van der Waals surface area contributed by atoms with Crippen molar-refractivity contribution in [1.82, 2.24) is 56.0 Å². The third-order valence-electron chi connectivity index (χ3n) is 16.6. The highest BCUT2D eigenvalue weighted by atomic mass is 16.6. The zero-order valence-corrected chi connectivity index (χ0v) is 60.0. The number of aliphatic hydroxyl groups excluding tert-OH is 2. The van der Waals surface area contributed by atoms with E-state index in [9.17, 15) is 53.4 Å². The molecular formula is C66H121N11O14. The molecule has 1 fully saturated rings. The van der Waals surface area contributed by atoms with Crippen molar-refractivity contribution < 1.29 is 67.7 Å². The predicted molar refractivity (Wildman–Crippen MR) is 350 cm³/mol. The van der Waals surface area contributed by atoms with Crippen LogP contribution in [0.15, 0.2) is 0 Å². The Morgan fingerprint density at radius 1 is 0.473 bits per heavy atom. The number of Topliss-reactive ketones (excluding diaryl/α,β-unsaturated/α-hetero) is 1. The summed E-state index contributed by atoms with van der Waals surface area (Å²) in [7, 11) is 8.40. The Hall–Kier alpha value is -5.79. The lowest BCUT2D eigenvalue weighted by molar-refractivity contribution is -0.166. The molecule has 0 bridgehead atoms. The number of nitrogens with zero attached hydrogens (tertiary/aromatic N) is 6. The Morgan fingerprint density at radius 3 is 1.32 bits per heavy atom. The number of hydrogen-bond donors (Lipinski definition) is 7. The first-order valence-electron chi connectivity index (χ1n) is 32.9. The maximum absolute atomic E-state index is 15.2. The summed E-state index contributed by atoms with van der Waals surface area (Å²) >= 11 is 0. The lowest BCUT2D eigenvalue weighted by atomic mass is 9.91. The summed E-state index contributed by atoms with van der Waals surface area (Å²) in [5.74, 6) is -10.9. The van der Waals surface area contributed by atoms with Gasteiger partial charge in [-0.3, -0.25) is 52.8 Å². The summed E-state index contributed by atoms with van der Waals surface area (Å²) in [4.78, 5) is 168. The van der Waals surface area contributed by atoms with Gasteiger partial charge in [-0.1, -0.05) is 118 Å². The first-order valence-corrected chi connectivity index (χ1v) is 32.9. The molecule has 0 radical (unpaired) electrons. The molecule has 0 saturated carbocycles. The number of ketones is 1. The highest BCUT2D eigenvalue weighted by molar-refractivity contribution is 5.99. The van der Waals surface area contributed by atoms with Crippen molar-refractivity contribution in [3.05, 3.63) is 0 Å². The molecule has 9 amide bonds. The van der Waals surface area contributed by atoms with Crippen molar-refractivity contribution in [2.24, 2.45) is 47.3 Å². The van der Waals surface area contributed by atoms with Gasteiger partial charge >= 0.3 is 5.97 Å². The lowest BCUT2D eigenvalue weighted by Gasteiger charge is -2.40. The zero-order chi connectivity index (χ0) is 70.5. The Morgan fingerprint density at radius 2 is 0.890 bits per heavy atom. The number of esters is 1. The summed E-state index contributed by atoms with van der Waals surface area (Å²) < 4.78 is 5.91. The van der Waals surface area contributed by atoms with Gasteiger partial charge in [0.1, 0.15) is 48.3 Å². The minimum Gasteiger partial charge on any atom is -0.450 e. The molecule has 0 aliphatic carbocycles. The van der Waals surface area contributed by atoms with E-state index in [4.69, 9.17) is 4.74 Å². The molecule has 1 aliphatic rings. The molecule has 0 aromatic carbocycles. The molecular weight excluding hydrogens is 1170 g/mol. The Balaban J connectivity index is 4.37. The third-order valence-corrected chi connectivity index (χ3v) is 16.6. The fraction of sp³-hybridized carbons (Fsp3) is 0.833. The van der Waals surface area contributed by atoms with Gasteiger partial charge in [0.25, 0.3) is 5.91 Å². The number of carbonyl (C=O) groups is 11. The molecule has 1 saturated heterocycles. The van der Waals surface area contributed by atoms with E-state index >= 15 is 9.59 Å². The molecule has 91 heavy (non-hydrogen) atoms. The lowest BCUT2D eigenvalue weighted by Crippen LogP contribution is -2.64. The van der Waals surface area contributed by atoms with Gasteiger partial charge in [-0.2, -0.15) is 0 Å². The van der Waals surface area contributed by atoms with E-state index in [2.05, 4.69) is 26.6 Å². The third kappa shape index (κ3) is 25.9. The van der Waals surface area contributed by atoms with Crippen LogP contribution in [0.1, 0.15) is 170 Å². The van der Waals surface area contributed by atoms with Crippen LogP contribution in [0.4, 0.5) is 0 Å². The van der Waals surface area contributed by atoms with Gasteiger partial charge in [-0.05, 0) is 113 Å². The van der Waals surface area contributed by atoms with Crippen LogP contribution >= 0.6 is 0 Å². The van der Waals surface area contributed by atoms with Gasteiger partial charge < -0.3 is 66.0 Å². The summed E-state index contributed by atoms with van der Waals surface area (Å²) in [6.45, 7) is 33.0. The molecule has 25 heteroatoms. The van der Waals surface area contributed by atoms with Crippen LogP contribution in [0.25, 0.3) is 0 Å². The van der Waals surface area contributed by atoms with Crippen LogP contribution in [-0.2, 0) is 57.5 Å². The maximum atomic E-state index is 15.2. The molecule has 13 atom stereocenters. The predicted octanol–water partition coefficient (Wildman–Crippen LogP) is 2.82. The van der Waals surface area contributed by atoms with Crippen molar-refractivity contribution in [1.29, 1.82) is 0 Å². The number of hydrogen-bond acceptors (Lipinski definition) is 16. The first-order chi connectivity index (χ1) is 41.9. The van der Waals surface area contributed by atoms with Crippen molar-refractivity contribution in [2.75, 3.05) is 61.9 Å². The van der Waals surface area contributed by atoms with E-state index in [1.54, 1.807) is 41.7 Å². The van der Waals surface area contributed by atoms with Crippen molar-refractivity contribution in [3.63, 3.8) is 0 Å². The molecule has 25 nitrogen and oxygen atoms in total. The van der Waals surface area contributed by atoms with E-state index in [0.29, 0.717) is 13.0 Å². The monoisotopic (exact) mass is 1290 g/mol. The topological polar surface area (TPSA) is 317 Å².